The molecule has 2 N–H and O–H groups in total. The van der Waals surface area contributed by atoms with Gasteiger partial charge in [0.15, 0.2) is 11.6 Å². The van der Waals surface area contributed by atoms with Crippen molar-refractivity contribution in [2.75, 3.05) is 6.54 Å². The summed E-state index contributed by atoms with van der Waals surface area (Å²) in [7, 11) is 0. The first-order chi connectivity index (χ1) is 11.0. The normalized spacial score (nSPS) is 14.4. The van der Waals surface area contributed by atoms with Gasteiger partial charge in [-0.1, -0.05) is 18.2 Å². The van der Waals surface area contributed by atoms with Crippen molar-refractivity contribution in [1.82, 2.24) is 4.90 Å². The Morgan fingerprint density at radius 2 is 1.54 bits per heavy atom. The average molecular weight is 353 g/mol. The number of carbonyl (C=O) groups is 2. The molecule has 0 unspecified atom stereocenters. The summed E-state index contributed by atoms with van der Waals surface area (Å²) in [6, 6.07) is 9.52. The minimum Gasteiger partial charge on any atom is -0.326 e. The number of fused-ring (bicyclic) bond motifs is 1. The highest BCUT2D eigenvalue weighted by Crippen LogP contribution is 2.22. The van der Waals surface area contributed by atoms with E-state index in [-0.39, 0.29) is 37.2 Å². The van der Waals surface area contributed by atoms with Crippen LogP contribution in [0.1, 0.15) is 26.3 Å². The van der Waals surface area contributed by atoms with Gasteiger partial charge in [0.1, 0.15) is 0 Å². The number of nitrogens with zero attached hydrogens (tertiary/aromatic N) is 1. The minimum atomic E-state index is -0.949. The van der Waals surface area contributed by atoms with E-state index in [1.165, 1.54) is 6.07 Å². The van der Waals surface area contributed by atoms with Gasteiger partial charge in [-0.15, -0.1) is 12.4 Å². The zero-order chi connectivity index (χ0) is 16.6. The minimum absolute atomic E-state index is 0. The lowest BCUT2D eigenvalue weighted by molar-refractivity contribution is 0.0644. The van der Waals surface area contributed by atoms with Crippen LogP contribution in [0.15, 0.2) is 42.5 Å². The molecule has 4 nitrogen and oxygen atoms in total. The standard InChI is InChI=1S/C17H14F2N2O2.ClH/c18-14-6-5-10(8-15(14)19)7-11(20)9-21-16(22)12-3-1-2-4-13(12)17(21)23;/h1-6,8,11H,7,9,20H2;1H/t11-;/m0./s1. The molecule has 126 valence electrons. The molecule has 1 aliphatic rings. The second-order valence-corrected chi connectivity index (χ2v) is 5.48. The molecular weight excluding hydrogens is 338 g/mol. The van der Waals surface area contributed by atoms with Crippen LogP contribution in [-0.4, -0.2) is 29.3 Å². The monoisotopic (exact) mass is 352 g/mol. The summed E-state index contributed by atoms with van der Waals surface area (Å²) in [4.78, 5) is 25.6. The number of hydrogen-bond donors (Lipinski definition) is 1. The van der Waals surface area contributed by atoms with Gasteiger partial charge in [0.05, 0.1) is 11.1 Å². The number of nitrogens with two attached hydrogens (primary N) is 1. The Morgan fingerprint density at radius 1 is 0.958 bits per heavy atom. The number of rotatable bonds is 4. The van der Waals surface area contributed by atoms with E-state index in [1.54, 1.807) is 24.3 Å². The van der Waals surface area contributed by atoms with Crippen molar-refractivity contribution < 1.29 is 18.4 Å². The van der Waals surface area contributed by atoms with Crippen LogP contribution in [0.5, 0.6) is 0 Å². The van der Waals surface area contributed by atoms with Crippen molar-refractivity contribution in [2.45, 2.75) is 12.5 Å². The van der Waals surface area contributed by atoms with Crippen LogP contribution in [0, 0.1) is 11.6 Å². The average Bonchev–Trinajstić information content (AvgIpc) is 2.76. The fraction of sp³-hybridized carbons (Fsp3) is 0.176. The fourth-order valence-electron chi connectivity index (χ4n) is 2.67. The van der Waals surface area contributed by atoms with Crippen LogP contribution in [0.2, 0.25) is 0 Å². The van der Waals surface area contributed by atoms with Crippen molar-refractivity contribution in [1.29, 1.82) is 0 Å². The molecule has 0 aliphatic carbocycles. The summed E-state index contributed by atoms with van der Waals surface area (Å²) < 4.78 is 26.1. The van der Waals surface area contributed by atoms with Gasteiger partial charge in [-0.05, 0) is 36.2 Å². The number of hydrogen-bond acceptors (Lipinski definition) is 3. The van der Waals surface area contributed by atoms with E-state index >= 15 is 0 Å². The van der Waals surface area contributed by atoms with E-state index in [1.807, 2.05) is 0 Å². The molecule has 0 bridgehead atoms. The number of halogens is 3. The molecule has 0 fully saturated rings. The molecule has 1 atom stereocenters. The summed E-state index contributed by atoms with van der Waals surface area (Å²) in [6.07, 6.45) is 0.227. The lowest BCUT2D eigenvalue weighted by atomic mass is 10.1. The second-order valence-electron chi connectivity index (χ2n) is 5.48. The van der Waals surface area contributed by atoms with E-state index in [4.69, 9.17) is 5.73 Å². The summed E-state index contributed by atoms with van der Waals surface area (Å²) in [5, 5.41) is 0. The molecule has 0 saturated carbocycles. The van der Waals surface area contributed by atoms with Crippen LogP contribution in [0.4, 0.5) is 8.78 Å². The van der Waals surface area contributed by atoms with E-state index in [9.17, 15) is 18.4 Å². The maximum Gasteiger partial charge on any atom is 0.261 e. The molecule has 0 spiro atoms. The van der Waals surface area contributed by atoms with Crippen molar-refractivity contribution in [2.24, 2.45) is 5.73 Å². The third-order valence-corrected chi connectivity index (χ3v) is 3.78. The van der Waals surface area contributed by atoms with Crippen LogP contribution in [0.25, 0.3) is 0 Å². The molecule has 7 heteroatoms. The predicted molar refractivity (Wildman–Crippen MR) is 87.1 cm³/mol. The summed E-state index contributed by atoms with van der Waals surface area (Å²) >= 11 is 0. The first kappa shape index (κ1) is 18.0. The van der Waals surface area contributed by atoms with Gasteiger partial charge in [0.2, 0.25) is 0 Å². The first-order valence-corrected chi connectivity index (χ1v) is 7.12. The molecule has 2 aromatic carbocycles. The van der Waals surface area contributed by atoms with Gasteiger partial charge >= 0.3 is 0 Å². The molecule has 0 aromatic heterocycles. The van der Waals surface area contributed by atoms with Crippen molar-refractivity contribution in [3.8, 4) is 0 Å². The summed E-state index contributed by atoms with van der Waals surface area (Å²) in [6.45, 7) is 0.0192. The van der Waals surface area contributed by atoms with E-state index in [2.05, 4.69) is 0 Å². The van der Waals surface area contributed by atoms with Gasteiger partial charge in [0, 0.05) is 12.6 Å². The molecule has 0 saturated heterocycles. The quantitative estimate of drug-likeness (QED) is 0.860. The van der Waals surface area contributed by atoms with Gasteiger partial charge in [0.25, 0.3) is 11.8 Å². The molecule has 0 radical (unpaired) electrons. The Hall–Kier alpha value is -2.31. The Bertz CT molecular complexity index is 763. The van der Waals surface area contributed by atoms with Crippen molar-refractivity contribution in [3.63, 3.8) is 0 Å². The summed E-state index contributed by atoms with van der Waals surface area (Å²) in [5.74, 6) is -2.64. The lowest BCUT2D eigenvalue weighted by Gasteiger charge is -2.19. The predicted octanol–water partition coefficient (Wildman–Crippen LogP) is 2.55. The highest BCUT2D eigenvalue weighted by atomic mass is 35.5. The van der Waals surface area contributed by atoms with Crippen LogP contribution in [-0.2, 0) is 6.42 Å². The zero-order valence-corrected chi connectivity index (χ0v) is 13.4. The summed E-state index contributed by atoms with van der Waals surface area (Å²) in [5.41, 5.74) is 7.20. The van der Waals surface area contributed by atoms with E-state index < -0.39 is 17.7 Å². The van der Waals surface area contributed by atoms with Gasteiger partial charge in [-0.25, -0.2) is 8.78 Å². The van der Waals surface area contributed by atoms with Gasteiger partial charge in [-0.2, -0.15) is 0 Å². The SMILES string of the molecule is Cl.N[C@@H](Cc1ccc(F)c(F)c1)CN1C(=O)c2ccccc2C1=O. The smallest absolute Gasteiger partial charge is 0.261 e. The lowest BCUT2D eigenvalue weighted by Crippen LogP contribution is -2.41. The first-order valence-electron chi connectivity index (χ1n) is 7.12. The van der Waals surface area contributed by atoms with Gasteiger partial charge < -0.3 is 5.73 Å². The number of benzene rings is 2. The molecule has 2 aromatic rings. The Morgan fingerprint density at radius 3 is 2.08 bits per heavy atom. The Labute approximate surface area is 143 Å². The molecule has 3 rings (SSSR count). The molecular formula is C17H15ClF2N2O2. The molecule has 2 amide bonds. The highest BCUT2D eigenvalue weighted by molar-refractivity contribution is 6.21. The Kier molecular flexibility index (Phi) is 5.31. The van der Waals surface area contributed by atoms with E-state index in [0.717, 1.165) is 17.0 Å². The third-order valence-electron chi connectivity index (χ3n) is 3.78. The Balaban J connectivity index is 0.00000208. The van der Waals surface area contributed by atoms with Crippen molar-refractivity contribution in [3.05, 3.63) is 70.8 Å². The van der Waals surface area contributed by atoms with Crippen LogP contribution >= 0.6 is 12.4 Å². The number of imide groups is 1. The second kappa shape index (κ2) is 7.07. The molecule has 1 heterocycles. The number of carbonyl (C=O) groups excluding carboxylic acids is 2. The maximum atomic E-state index is 13.2. The van der Waals surface area contributed by atoms with Crippen LogP contribution in [0.3, 0.4) is 0 Å². The van der Waals surface area contributed by atoms with E-state index in [0.29, 0.717) is 16.7 Å². The number of amides is 2. The third kappa shape index (κ3) is 3.29. The fourth-order valence-corrected chi connectivity index (χ4v) is 2.67. The maximum absolute atomic E-state index is 13.2. The largest absolute Gasteiger partial charge is 0.326 e. The van der Waals surface area contributed by atoms with Crippen molar-refractivity contribution >= 4 is 24.2 Å². The highest BCUT2D eigenvalue weighted by Gasteiger charge is 2.35. The van der Waals surface area contributed by atoms with Gasteiger partial charge in [-0.3, -0.25) is 14.5 Å². The van der Waals surface area contributed by atoms with Crippen LogP contribution < -0.4 is 5.73 Å². The molecule has 24 heavy (non-hydrogen) atoms. The topological polar surface area (TPSA) is 63.4 Å². The molecule has 1 aliphatic heterocycles. The zero-order valence-electron chi connectivity index (χ0n) is 12.5.